The third-order valence-corrected chi connectivity index (χ3v) is 4.42. The highest BCUT2D eigenvalue weighted by atomic mass is 32.2. The van der Waals surface area contributed by atoms with Crippen LogP contribution in [0.5, 0.6) is 0 Å². The maximum Gasteiger partial charge on any atom is 0.337 e. The first-order valence-electron chi connectivity index (χ1n) is 7.17. The van der Waals surface area contributed by atoms with E-state index in [1.165, 1.54) is 7.11 Å². The zero-order valence-electron chi connectivity index (χ0n) is 12.7. The summed E-state index contributed by atoms with van der Waals surface area (Å²) in [5.74, 6) is 0.467. The average molecular weight is 324 g/mol. The zero-order valence-corrected chi connectivity index (χ0v) is 13.5. The minimum absolute atomic E-state index is 0.316. The summed E-state index contributed by atoms with van der Waals surface area (Å²) < 4.78 is 6.77. The first-order chi connectivity index (χ1) is 11.3. The summed E-state index contributed by atoms with van der Waals surface area (Å²) in [6, 6.07) is 17.6. The summed E-state index contributed by atoms with van der Waals surface area (Å²) in [6.07, 6.45) is 3.76. The Hall–Kier alpha value is -2.53. The Bertz CT molecular complexity index is 782. The number of ether oxygens (including phenoxy) is 1. The molecule has 1 heterocycles. The van der Waals surface area contributed by atoms with Gasteiger partial charge in [0.1, 0.15) is 0 Å². The van der Waals surface area contributed by atoms with Crippen LogP contribution in [0.1, 0.15) is 15.9 Å². The zero-order chi connectivity index (χ0) is 16.1. The number of para-hydroxylation sites is 1. The molecule has 0 bridgehead atoms. The number of methoxy groups -OCH3 is 1. The number of esters is 1. The van der Waals surface area contributed by atoms with Crippen molar-refractivity contribution in [3.8, 4) is 5.69 Å². The lowest BCUT2D eigenvalue weighted by Crippen LogP contribution is -2.00. The molecule has 3 rings (SSSR count). The van der Waals surface area contributed by atoms with Crippen LogP contribution < -0.4 is 0 Å². The molecule has 2 aromatic carbocycles. The predicted molar refractivity (Wildman–Crippen MR) is 90.9 cm³/mol. The number of carbonyl (C=O) groups is 1. The molecule has 0 aliphatic carbocycles. The molecule has 23 heavy (non-hydrogen) atoms. The number of aromatic nitrogens is 2. The van der Waals surface area contributed by atoms with E-state index in [0.717, 1.165) is 22.2 Å². The van der Waals surface area contributed by atoms with Crippen molar-refractivity contribution >= 4 is 17.7 Å². The van der Waals surface area contributed by atoms with Gasteiger partial charge in [-0.3, -0.25) is 4.57 Å². The number of carbonyl (C=O) groups excluding carboxylic acids is 1. The molecule has 0 aliphatic heterocycles. The van der Waals surface area contributed by atoms with E-state index in [0.29, 0.717) is 5.56 Å². The molecule has 0 saturated heterocycles. The minimum Gasteiger partial charge on any atom is -0.465 e. The van der Waals surface area contributed by atoms with Gasteiger partial charge in [-0.15, -0.1) is 0 Å². The van der Waals surface area contributed by atoms with Gasteiger partial charge in [-0.05, 0) is 29.8 Å². The van der Waals surface area contributed by atoms with E-state index in [1.807, 2.05) is 36.5 Å². The molecule has 0 saturated carbocycles. The van der Waals surface area contributed by atoms with E-state index in [9.17, 15) is 4.79 Å². The highest BCUT2D eigenvalue weighted by molar-refractivity contribution is 7.98. The van der Waals surface area contributed by atoms with Crippen molar-refractivity contribution in [2.75, 3.05) is 7.11 Å². The maximum absolute atomic E-state index is 11.4. The van der Waals surface area contributed by atoms with Gasteiger partial charge in [-0.25, -0.2) is 9.78 Å². The molecule has 0 N–H and O–H groups in total. The van der Waals surface area contributed by atoms with Gasteiger partial charge in [-0.2, -0.15) is 0 Å². The van der Waals surface area contributed by atoms with Crippen molar-refractivity contribution < 1.29 is 9.53 Å². The second-order valence-electron chi connectivity index (χ2n) is 4.89. The molecule has 0 radical (unpaired) electrons. The van der Waals surface area contributed by atoms with Gasteiger partial charge in [0.2, 0.25) is 0 Å². The van der Waals surface area contributed by atoms with Crippen molar-refractivity contribution in [2.24, 2.45) is 0 Å². The van der Waals surface area contributed by atoms with E-state index in [2.05, 4.69) is 21.7 Å². The summed E-state index contributed by atoms with van der Waals surface area (Å²) >= 11 is 1.66. The number of benzene rings is 2. The molecule has 5 heteroatoms. The number of rotatable bonds is 5. The number of nitrogens with zero attached hydrogens (tertiary/aromatic N) is 2. The van der Waals surface area contributed by atoms with Crippen LogP contribution in [0.15, 0.2) is 72.1 Å². The normalized spacial score (nSPS) is 10.5. The molecule has 0 amide bonds. The number of hydrogen-bond donors (Lipinski definition) is 0. The molecule has 4 nitrogen and oxygen atoms in total. The molecule has 0 spiro atoms. The molecule has 0 unspecified atom stereocenters. The number of hydrogen-bond acceptors (Lipinski definition) is 4. The molecule has 0 fully saturated rings. The molecule has 1 aromatic heterocycles. The molecular formula is C18H16N2O2S. The Morgan fingerprint density at radius 2 is 1.87 bits per heavy atom. The third kappa shape index (κ3) is 3.63. The fourth-order valence-electron chi connectivity index (χ4n) is 2.18. The lowest BCUT2D eigenvalue weighted by Gasteiger charge is -2.07. The fourth-order valence-corrected chi connectivity index (χ4v) is 3.11. The second-order valence-corrected chi connectivity index (χ2v) is 5.84. The van der Waals surface area contributed by atoms with Crippen LogP contribution in [0.25, 0.3) is 5.69 Å². The molecule has 0 atom stereocenters. The van der Waals surface area contributed by atoms with Crippen molar-refractivity contribution in [1.29, 1.82) is 0 Å². The Labute approximate surface area is 139 Å². The van der Waals surface area contributed by atoms with Crippen LogP contribution in [0.3, 0.4) is 0 Å². The average Bonchev–Trinajstić information content (AvgIpc) is 3.09. The van der Waals surface area contributed by atoms with Gasteiger partial charge in [0.25, 0.3) is 0 Å². The van der Waals surface area contributed by atoms with Crippen molar-refractivity contribution in [2.45, 2.75) is 10.9 Å². The van der Waals surface area contributed by atoms with Crippen molar-refractivity contribution in [3.63, 3.8) is 0 Å². The van der Waals surface area contributed by atoms with Crippen LogP contribution in [0.4, 0.5) is 0 Å². The second kappa shape index (κ2) is 7.15. The molecule has 3 aromatic rings. The van der Waals surface area contributed by atoms with E-state index in [4.69, 9.17) is 4.74 Å². The van der Waals surface area contributed by atoms with Crippen molar-refractivity contribution in [3.05, 3.63) is 78.1 Å². The van der Waals surface area contributed by atoms with Crippen molar-refractivity contribution in [1.82, 2.24) is 9.55 Å². The Balaban J connectivity index is 1.70. The molecule has 0 aliphatic rings. The summed E-state index contributed by atoms with van der Waals surface area (Å²) in [6.45, 7) is 0. The van der Waals surface area contributed by atoms with Gasteiger partial charge in [0.05, 0.1) is 12.7 Å². The SMILES string of the molecule is COC(=O)c1ccc(CSc2nccn2-c2ccccc2)cc1. The van der Waals surface area contributed by atoms with E-state index in [1.54, 1.807) is 30.1 Å². The monoisotopic (exact) mass is 324 g/mol. The smallest absolute Gasteiger partial charge is 0.337 e. The van der Waals surface area contributed by atoms with E-state index >= 15 is 0 Å². The molecule has 116 valence electrons. The Morgan fingerprint density at radius 3 is 2.57 bits per heavy atom. The Morgan fingerprint density at radius 1 is 1.13 bits per heavy atom. The van der Waals surface area contributed by atoms with Gasteiger partial charge < -0.3 is 4.74 Å². The standard InChI is InChI=1S/C18H16N2O2S/c1-22-17(21)15-9-7-14(8-10-15)13-23-18-19-11-12-20(18)16-5-3-2-4-6-16/h2-12H,13H2,1H3. The lowest BCUT2D eigenvalue weighted by molar-refractivity contribution is 0.0600. The van der Waals surface area contributed by atoms with Crippen LogP contribution in [0.2, 0.25) is 0 Å². The number of imidazole rings is 1. The van der Waals surface area contributed by atoms with Crippen LogP contribution in [-0.4, -0.2) is 22.6 Å². The van der Waals surface area contributed by atoms with Crippen LogP contribution >= 0.6 is 11.8 Å². The third-order valence-electron chi connectivity index (χ3n) is 3.38. The highest BCUT2D eigenvalue weighted by Gasteiger charge is 2.07. The van der Waals surface area contributed by atoms with E-state index < -0.39 is 0 Å². The first kappa shape index (κ1) is 15.4. The summed E-state index contributed by atoms with van der Waals surface area (Å²) in [7, 11) is 1.38. The first-order valence-corrected chi connectivity index (χ1v) is 8.15. The highest BCUT2D eigenvalue weighted by Crippen LogP contribution is 2.24. The summed E-state index contributed by atoms with van der Waals surface area (Å²) in [5.41, 5.74) is 2.78. The Kier molecular flexibility index (Phi) is 4.78. The van der Waals surface area contributed by atoms with Crippen LogP contribution in [-0.2, 0) is 10.5 Å². The summed E-state index contributed by atoms with van der Waals surface area (Å²) in [4.78, 5) is 15.8. The van der Waals surface area contributed by atoms with Gasteiger partial charge in [0, 0.05) is 23.8 Å². The topological polar surface area (TPSA) is 44.1 Å². The van der Waals surface area contributed by atoms with Crippen LogP contribution in [0, 0.1) is 0 Å². The fraction of sp³-hybridized carbons (Fsp3) is 0.111. The van der Waals surface area contributed by atoms with E-state index in [-0.39, 0.29) is 5.97 Å². The quantitative estimate of drug-likeness (QED) is 0.526. The minimum atomic E-state index is -0.316. The largest absolute Gasteiger partial charge is 0.465 e. The lowest BCUT2D eigenvalue weighted by atomic mass is 10.1. The maximum atomic E-state index is 11.4. The molecular weight excluding hydrogens is 308 g/mol. The predicted octanol–water partition coefficient (Wildman–Crippen LogP) is 3.95. The van der Waals surface area contributed by atoms with Gasteiger partial charge in [-0.1, -0.05) is 42.1 Å². The number of thioether (sulfide) groups is 1. The van der Waals surface area contributed by atoms with Gasteiger partial charge in [0.15, 0.2) is 5.16 Å². The summed E-state index contributed by atoms with van der Waals surface area (Å²) in [5, 5.41) is 0.938. The van der Waals surface area contributed by atoms with Gasteiger partial charge >= 0.3 is 5.97 Å².